The van der Waals surface area contributed by atoms with Crippen LogP contribution >= 0.6 is 0 Å². The van der Waals surface area contributed by atoms with E-state index in [1.54, 1.807) is 12.3 Å². The van der Waals surface area contributed by atoms with Gasteiger partial charge in [-0.15, -0.1) is 0 Å². The molecule has 3 rings (SSSR count). The molecule has 2 aromatic carbocycles. The van der Waals surface area contributed by atoms with Crippen LogP contribution in [0.1, 0.15) is 27.0 Å². The first-order valence-electron chi connectivity index (χ1n) is 6.32. The fourth-order valence-corrected chi connectivity index (χ4v) is 2.02. The van der Waals surface area contributed by atoms with Gasteiger partial charge in [-0.3, -0.25) is 0 Å². The number of cyclic esters (lactones) is 1. The number of carbonyl (C=O) groups excluding carboxylic acids is 1. The van der Waals surface area contributed by atoms with Crippen LogP contribution in [0, 0.1) is 0 Å². The second-order valence-corrected chi connectivity index (χ2v) is 4.49. The summed E-state index contributed by atoms with van der Waals surface area (Å²) >= 11 is 0. The Bertz CT molecular complexity index is 650. The number of esters is 1. The number of oxime groups is 1. The molecule has 0 aromatic heterocycles. The van der Waals surface area contributed by atoms with Crippen LogP contribution in [-0.4, -0.2) is 12.2 Å². The smallest absolute Gasteiger partial charge is 0.338 e. The van der Waals surface area contributed by atoms with Crippen LogP contribution in [-0.2, 0) is 22.8 Å². The van der Waals surface area contributed by atoms with Crippen LogP contribution in [0.2, 0.25) is 0 Å². The molecule has 4 heteroatoms. The van der Waals surface area contributed by atoms with Crippen molar-refractivity contribution in [3.8, 4) is 0 Å². The maximum Gasteiger partial charge on any atom is 0.338 e. The molecule has 0 saturated heterocycles. The Kier molecular flexibility index (Phi) is 3.46. The molecule has 0 spiro atoms. The molecule has 100 valence electrons. The van der Waals surface area contributed by atoms with Crippen LogP contribution in [0.5, 0.6) is 0 Å². The number of fused-ring (bicyclic) bond motifs is 1. The molecule has 1 aliphatic rings. The fraction of sp³-hybridized carbons (Fsp3) is 0.125. The molecule has 0 amide bonds. The normalized spacial score (nSPS) is 13.3. The molecule has 0 N–H and O–H groups in total. The quantitative estimate of drug-likeness (QED) is 0.486. The van der Waals surface area contributed by atoms with Gasteiger partial charge < -0.3 is 9.57 Å². The highest BCUT2D eigenvalue weighted by Gasteiger charge is 2.20. The summed E-state index contributed by atoms with van der Waals surface area (Å²) in [5.41, 5.74) is 3.47. The standard InChI is InChI=1S/C16H13NO3/c18-16-15-7-6-13(8-14(15)11-19-16)9-17-20-10-12-4-2-1-3-5-12/h1-9H,10-11H2. The second-order valence-electron chi connectivity index (χ2n) is 4.49. The highest BCUT2D eigenvalue weighted by Crippen LogP contribution is 2.20. The van der Waals surface area contributed by atoms with Crippen LogP contribution in [0.3, 0.4) is 0 Å². The first-order chi connectivity index (χ1) is 9.83. The summed E-state index contributed by atoms with van der Waals surface area (Å²) in [4.78, 5) is 16.5. The minimum Gasteiger partial charge on any atom is -0.457 e. The van der Waals surface area contributed by atoms with Gasteiger partial charge in [0.2, 0.25) is 0 Å². The summed E-state index contributed by atoms with van der Waals surface area (Å²) in [5.74, 6) is -0.260. The van der Waals surface area contributed by atoms with Gasteiger partial charge in [-0.1, -0.05) is 41.6 Å². The number of ether oxygens (including phenoxy) is 1. The van der Waals surface area contributed by atoms with Gasteiger partial charge in [0.05, 0.1) is 11.8 Å². The maximum absolute atomic E-state index is 11.3. The zero-order chi connectivity index (χ0) is 13.8. The van der Waals surface area contributed by atoms with E-state index in [9.17, 15) is 4.79 Å². The molecule has 1 aliphatic heterocycles. The minimum absolute atomic E-state index is 0.260. The van der Waals surface area contributed by atoms with E-state index in [4.69, 9.17) is 9.57 Å². The highest BCUT2D eigenvalue weighted by molar-refractivity contribution is 5.94. The van der Waals surface area contributed by atoms with E-state index in [1.165, 1.54) is 0 Å². The van der Waals surface area contributed by atoms with Gasteiger partial charge in [-0.05, 0) is 23.3 Å². The summed E-state index contributed by atoms with van der Waals surface area (Å²) in [6, 6.07) is 15.3. The molecule has 4 nitrogen and oxygen atoms in total. The molecule has 20 heavy (non-hydrogen) atoms. The van der Waals surface area contributed by atoms with Crippen molar-refractivity contribution in [1.82, 2.24) is 0 Å². The minimum atomic E-state index is -0.260. The monoisotopic (exact) mass is 267 g/mol. The summed E-state index contributed by atoms with van der Waals surface area (Å²) in [5, 5.41) is 3.93. The Morgan fingerprint density at radius 3 is 2.90 bits per heavy atom. The molecular formula is C16H13NO3. The number of rotatable bonds is 4. The van der Waals surface area contributed by atoms with Gasteiger partial charge in [-0.2, -0.15) is 0 Å². The molecular weight excluding hydrogens is 254 g/mol. The van der Waals surface area contributed by atoms with Crippen molar-refractivity contribution in [1.29, 1.82) is 0 Å². The van der Waals surface area contributed by atoms with Crippen molar-refractivity contribution in [3.63, 3.8) is 0 Å². The van der Waals surface area contributed by atoms with Crippen molar-refractivity contribution >= 4 is 12.2 Å². The van der Waals surface area contributed by atoms with Crippen LogP contribution in [0.4, 0.5) is 0 Å². The zero-order valence-corrected chi connectivity index (χ0v) is 10.8. The SMILES string of the molecule is O=C1OCc2cc(C=NOCc3ccccc3)ccc21. The first-order valence-corrected chi connectivity index (χ1v) is 6.32. The molecule has 0 saturated carbocycles. The van der Waals surface area contributed by atoms with E-state index >= 15 is 0 Å². The first kappa shape index (κ1) is 12.4. The average Bonchev–Trinajstić information content (AvgIpc) is 2.86. The Morgan fingerprint density at radius 1 is 1.20 bits per heavy atom. The lowest BCUT2D eigenvalue weighted by molar-refractivity contribution is 0.0535. The van der Waals surface area contributed by atoms with Gasteiger partial charge in [0.15, 0.2) is 0 Å². The van der Waals surface area contributed by atoms with Crippen LogP contribution in [0.25, 0.3) is 0 Å². The Labute approximate surface area is 116 Å². The van der Waals surface area contributed by atoms with E-state index in [0.717, 1.165) is 16.7 Å². The average molecular weight is 267 g/mol. The van der Waals surface area contributed by atoms with Gasteiger partial charge in [0.25, 0.3) is 0 Å². The van der Waals surface area contributed by atoms with Crippen molar-refractivity contribution in [2.75, 3.05) is 0 Å². The lowest BCUT2D eigenvalue weighted by Gasteiger charge is -1.99. The molecule has 0 unspecified atom stereocenters. The third kappa shape index (κ3) is 2.69. The van der Waals surface area contributed by atoms with E-state index < -0.39 is 0 Å². The van der Waals surface area contributed by atoms with E-state index in [2.05, 4.69) is 5.16 Å². The van der Waals surface area contributed by atoms with Gasteiger partial charge in [0, 0.05) is 5.56 Å². The lowest BCUT2D eigenvalue weighted by Crippen LogP contribution is -1.94. The number of carbonyl (C=O) groups is 1. The van der Waals surface area contributed by atoms with Crippen molar-refractivity contribution in [2.24, 2.45) is 5.16 Å². The molecule has 0 fully saturated rings. The van der Waals surface area contributed by atoms with Gasteiger partial charge in [0.1, 0.15) is 13.2 Å². The Hall–Kier alpha value is -2.62. The number of nitrogens with zero attached hydrogens (tertiary/aromatic N) is 1. The summed E-state index contributed by atoms with van der Waals surface area (Å²) < 4.78 is 4.95. The lowest BCUT2D eigenvalue weighted by atomic mass is 10.1. The van der Waals surface area contributed by atoms with Crippen molar-refractivity contribution < 1.29 is 14.4 Å². The van der Waals surface area contributed by atoms with Gasteiger partial charge >= 0.3 is 5.97 Å². The molecule has 0 radical (unpaired) electrons. The Balaban J connectivity index is 1.61. The topological polar surface area (TPSA) is 47.9 Å². The third-order valence-corrected chi connectivity index (χ3v) is 3.06. The summed E-state index contributed by atoms with van der Waals surface area (Å²) in [6.45, 7) is 0.768. The van der Waals surface area contributed by atoms with Gasteiger partial charge in [-0.25, -0.2) is 4.79 Å². The maximum atomic E-state index is 11.3. The second kappa shape index (κ2) is 5.57. The van der Waals surface area contributed by atoms with E-state index in [0.29, 0.717) is 18.8 Å². The predicted molar refractivity (Wildman–Crippen MR) is 74.4 cm³/mol. The number of hydrogen-bond acceptors (Lipinski definition) is 4. The summed E-state index contributed by atoms with van der Waals surface area (Å²) in [6.07, 6.45) is 1.63. The zero-order valence-electron chi connectivity index (χ0n) is 10.8. The van der Waals surface area contributed by atoms with Crippen molar-refractivity contribution in [2.45, 2.75) is 13.2 Å². The molecule has 1 heterocycles. The number of benzene rings is 2. The molecule has 2 aromatic rings. The Morgan fingerprint density at radius 2 is 2.05 bits per heavy atom. The summed E-state index contributed by atoms with van der Waals surface area (Å²) in [7, 11) is 0. The molecule has 0 atom stereocenters. The number of hydrogen-bond donors (Lipinski definition) is 0. The predicted octanol–water partition coefficient (Wildman–Crippen LogP) is 2.91. The van der Waals surface area contributed by atoms with Crippen LogP contribution in [0.15, 0.2) is 53.7 Å². The highest BCUT2D eigenvalue weighted by atomic mass is 16.6. The third-order valence-electron chi connectivity index (χ3n) is 3.06. The molecule has 0 aliphatic carbocycles. The fourth-order valence-electron chi connectivity index (χ4n) is 2.02. The molecule has 0 bridgehead atoms. The van der Waals surface area contributed by atoms with Crippen LogP contribution < -0.4 is 0 Å². The van der Waals surface area contributed by atoms with Crippen molar-refractivity contribution in [3.05, 3.63) is 70.8 Å². The van der Waals surface area contributed by atoms with E-state index in [-0.39, 0.29) is 5.97 Å². The van der Waals surface area contributed by atoms with E-state index in [1.807, 2.05) is 42.5 Å². The largest absolute Gasteiger partial charge is 0.457 e.